The maximum Gasteiger partial charge on any atom is 0.276 e. The summed E-state index contributed by atoms with van der Waals surface area (Å²) in [5.74, 6) is -0.245. The van der Waals surface area contributed by atoms with E-state index in [1.165, 1.54) is 0 Å². The minimum absolute atomic E-state index is 0.194. The molecule has 29 heavy (non-hydrogen) atoms. The number of ether oxygens (including phenoxy) is 1. The molecule has 3 aromatic rings. The van der Waals surface area contributed by atoms with Crippen LogP contribution in [0.15, 0.2) is 48.5 Å². The molecule has 0 saturated heterocycles. The zero-order chi connectivity index (χ0) is 21.0. The lowest BCUT2D eigenvalue weighted by atomic mass is 10.1. The van der Waals surface area contributed by atoms with Crippen LogP contribution in [0.1, 0.15) is 32.9 Å². The van der Waals surface area contributed by atoms with E-state index in [2.05, 4.69) is 16.0 Å². The van der Waals surface area contributed by atoms with Crippen molar-refractivity contribution in [1.29, 1.82) is 0 Å². The summed E-state index contributed by atoms with van der Waals surface area (Å²) in [6.07, 6.45) is 0. The smallest absolute Gasteiger partial charge is 0.276 e. The van der Waals surface area contributed by atoms with Gasteiger partial charge < -0.3 is 4.74 Å². The van der Waals surface area contributed by atoms with Gasteiger partial charge in [0.15, 0.2) is 6.61 Å². The van der Waals surface area contributed by atoms with Gasteiger partial charge in [0.1, 0.15) is 5.75 Å². The van der Waals surface area contributed by atoms with Crippen molar-refractivity contribution in [1.82, 2.24) is 20.6 Å². The molecule has 0 fully saturated rings. The van der Waals surface area contributed by atoms with Crippen LogP contribution in [0.25, 0.3) is 5.69 Å². The van der Waals surface area contributed by atoms with Gasteiger partial charge in [-0.15, -0.1) is 0 Å². The van der Waals surface area contributed by atoms with Crippen molar-refractivity contribution in [3.8, 4) is 11.4 Å². The Hall–Kier alpha value is -3.61. The van der Waals surface area contributed by atoms with Gasteiger partial charge in [0.2, 0.25) is 0 Å². The Morgan fingerprint density at radius 2 is 1.59 bits per heavy atom. The van der Waals surface area contributed by atoms with Crippen molar-refractivity contribution in [3.05, 3.63) is 76.6 Å². The monoisotopic (exact) mass is 392 g/mol. The molecule has 150 valence electrons. The molecule has 1 aromatic heterocycles. The maximum absolute atomic E-state index is 12.2. The standard InChI is InChI=1S/C22H24N4O3/c1-14-9-15(2)11-20(10-14)29-13-21(27)23-24-22(28)18-5-7-19(8-6-18)26-17(4)12-16(3)25-26/h5-12H,13H2,1-4H3,(H,23,27)(H,24,28). The fourth-order valence-electron chi connectivity index (χ4n) is 3.04. The van der Waals surface area contributed by atoms with Crippen molar-refractivity contribution in [2.45, 2.75) is 27.7 Å². The number of benzene rings is 2. The Bertz CT molecular complexity index is 1020. The quantitative estimate of drug-likeness (QED) is 0.654. The molecule has 2 N–H and O–H groups in total. The van der Waals surface area contributed by atoms with Gasteiger partial charge in [-0.25, -0.2) is 4.68 Å². The molecule has 0 aliphatic carbocycles. The van der Waals surface area contributed by atoms with Crippen LogP contribution >= 0.6 is 0 Å². The van der Waals surface area contributed by atoms with E-state index in [1.54, 1.807) is 24.3 Å². The molecule has 1 heterocycles. The van der Waals surface area contributed by atoms with E-state index >= 15 is 0 Å². The molecule has 0 unspecified atom stereocenters. The highest BCUT2D eigenvalue weighted by molar-refractivity contribution is 5.95. The van der Waals surface area contributed by atoms with Crippen molar-refractivity contribution < 1.29 is 14.3 Å². The number of aromatic nitrogens is 2. The maximum atomic E-state index is 12.2. The lowest BCUT2D eigenvalue weighted by Gasteiger charge is -2.10. The van der Waals surface area contributed by atoms with Crippen molar-refractivity contribution in [2.24, 2.45) is 0 Å². The molecule has 0 aliphatic rings. The number of hydrazine groups is 1. The molecule has 0 saturated carbocycles. The van der Waals surface area contributed by atoms with E-state index < -0.39 is 11.8 Å². The molecule has 2 amide bonds. The summed E-state index contributed by atoms with van der Waals surface area (Å²) in [7, 11) is 0. The van der Waals surface area contributed by atoms with Gasteiger partial charge in [-0.05, 0) is 81.3 Å². The van der Waals surface area contributed by atoms with Crippen LogP contribution in [0.5, 0.6) is 5.75 Å². The number of nitrogens with one attached hydrogen (secondary N) is 2. The third-order valence-corrected chi connectivity index (χ3v) is 4.26. The second kappa shape index (κ2) is 8.60. The largest absolute Gasteiger partial charge is 0.484 e. The first-order chi connectivity index (χ1) is 13.8. The van der Waals surface area contributed by atoms with Crippen molar-refractivity contribution in [2.75, 3.05) is 6.61 Å². The number of rotatable bonds is 5. The van der Waals surface area contributed by atoms with Gasteiger partial charge in [0.05, 0.1) is 11.4 Å². The summed E-state index contributed by atoms with van der Waals surface area (Å²) in [5.41, 5.74) is 10.1. The van der Waals surface area contributed by atoms with Crippen LogP contribution in [0.3, 0.4) is 0 Å². The van der Waals surface area contributed by atoms with E-state index in [0.29, 0.717) is 11.3 Å². The van der Waals surface area contributed by atoms with Crippen LogP contribution in [-0.2, 0) is 4.79 Å². The highest BCUT2D eigenvalue weighted by Crippen LogP contribution is 2.16. The Morgan fingerprint density at radius 3 is 2.17 bits per heavy atom. The topological polar surface area (TPSA) is 85.3 Å². The van der Waals surface area contributed by atoms with Gasteiger partial charge >= 0.3 is 0 Å². The lowest BCUT2D eigenvalue weighted by Crippen LogP contribution is -2.43. The average Bonchev–Trinajstić information content (AvgIpc) is 3.02. The molecule has 2 aromatic carbocycles. The average molecular weight is 392 g/mol. The van der Waals surface area contributed by atoms with Gasteiger partial charge in [0.25, 0.3) is 11.8 Å². The summed E-state index contributed by atoms with van der Waals surface area (Å²) in [5, 5.41) is 4.42. The van der Waals surface area contributed by atoms with Crippen molar-refractivity contribution >= 4 is 11.8 Å². The van der Waals surface area contributed by atoms with E-state index in [1.807, 2.05) is 56.6 Å². The summed E-state index contributed by atoms with van der Waals surface area (Å²) >= 11 is 0. The van der Waals surface area contributed by atoms with E-state index in [9.17, 15) is 9.59 Å². The summed E-state index contributed by atoms with van der Waals surface area (Å²) in [6.45, 7) is 7.62. The second-order valence-electron chi connectivity index (χ2n) is 7.00. The SMILES string of the molecule is Cc1cc(C)cc(OCC(=O)NNC(=O)c2ccc(-n3nc(C)cc3C)cc2)c1. The Labute approximate surface area is 169 Å². The number of aryl methyl sites for hydroxylation is 4. The number of hydrogen-bond acceptors (Lipinski definition) is 4. The van der Waals surface area contributed by atoms with Crippen LogP contribution in [0.2, 0.25) is 0 Å². The molecule has 0 radical (unpaired) electrons. The highest BCUT2D eigenvalue weighted by Gasteiger charge is 2.10. The van der Waals surface area contributed by atoms with E-state index in [-0.39, 0.29) is 6.61 Å². The summed E-state index contributed by atoms with van der Waals surface area (Å²) < 4.78 is 7.28. The Balaban J connectivity index is 1.52. The third-order valence-electron chi connectivity index (χ3n) is 4.26. The van der Waals surface area contributed by atoms with E-state index in [4.69, 9.17) is 4.74 Å². The van der Waals surface area contributed by atoms with Gasteiger partial charge in [-0.3, -0.25) is 20.4 Å². The number of carbonyl (C=O) groups is 2. The molecule has 0 bridgehead atoms. The summed E-state index contributed by atoms with van der Waals surface area (Å²) in [6, 6.07) is 14.7. The fourth-order valence-corrected chi connectivity index (χ4v) is 3.04. The molecule has 7 heteroatoms. The van der Waals surface area contributed by atoms with Gasteiger partial charge in [-0.2, -0.15) is 5.10 Å². The van der Waals surface area contributed by atoms with E-state index in [0.717, 1.165) is 28.2 Å². The fraction of sp³-hybridized carbons (Fsp3) is 0.227. The number of carbonyl (C=O) groups excluding carboxylic acids is 2. The third kappa shape index (κ3) is 5.22. The molecule has 3 rings (SSSR count). The van der Waals surface area contributed by atoms with Crippen LogP contribution < -0.4 is 15.6 Å². The van der Waals surface area contributed by atoms with Gasteiger partial charge in [-0.1, -0.05) is 6.07 Å². The summed E-state index contributed by atoms with van der Waals surface area (Å²) in [4.78, 5) is 24.2. The number of amides is 2. The predicted molar refractivity (Wildman–Crippen MR) is 110 cm³/mol. The molecule has 7 nitrogen and oxygen atoms in total. The predicted octanol–water partition coefficient (Wildman–Crippen LogP) is 2.95. The number of hydrogen-bond donors (Lipinski definition) is 2. The second-order valence-corrected chi connectivity index (χ2v) is 7.00. The molecule has 0 spiro atoms. The highest BCUT2D eigenvalue weighted by atomic mass is 16.5. The normalized spacial score (nSPS) is 10.5. The molecular formula is C22H24N4O3. The first-order valence-corrected chi connectivity index (χ1v) is 9.26. The molecular weight excluding hydrogens is 368 g/mol. The lowest BCUT2D eigenvalue weighted by molar-refractivity contribution is -0.123. The minimum atomic E-state index is -0.447. The van der Waals surface area contributed by atoms with Crippen LogP contribution in [0, 0.1) is 27.7 Å². The van der Waals surface area contributed by atoms with Crippen LogP contribution in [-0.4, -0.2) is 28.2 Å². The Kier molecular flexibility index (Phi) is 5.97. The van der Waals surface area contributed by atoms with Crippen molar-refractivity contribution in [3.63, 3.8) is 0 Å². The van der Waals surface area contributed by atoms with Gasteiger partial charge in [0, 0.05) is 11.3 Å². The zero-order valence-corrected chi connectivity index (χ0v) is 16.9. The Morgan fingerprint density at radius 1 is 0.931 bits per heavy atom. The zero-order valence-electron chi connectivity index (χ0n) is 16.9. The first-order valence-electron chi connectivity index (χ1n) is 9.26. The first kappa shape index (κ1) is 20.1. The number of nitrogens with zero attached hydrogens (tertiary/aromatic N) is 2. The molecule has 0 atom stereocenters. The minimum Gasteiger partial charge on any atom is -0.484 e. The van der Waals surface area contributed by atoms with Crippen LogP contribution in [0.4, 0.5) is 0 Å². The molecule has 0 aliphatic heterocycles.